The zero-order valence-corrected chi connectivity index (χ0v) is 10.9. The van der Waals surface area contributed by atoms with Gasteiger partial charge < -0.3 is 15.2 Å². The third-order valence-electron chi connectivity index (χ3n) is 2.35. The molecule has 1 amide bonds. The van der Waals surface area contributed by atoms with Crippen LogP contribution in [0.3, 0.4) is 0 Å². The van der Waals surface area contributed by atoms with E-state index in [1.54, 1.807) is 13.8 Å². The minimum absolute atomic E-state index is 0.215. The quantitative estimate of drug-likeness (QED) is 0.695. The molecule has 0 saturated carbocycles. The Labute approximate surface area is 105 Å². The second-order valence-electron chi connectivity index (χ2n) is 4.26. The molecular formula is C11H19F2NO4. The zero-order valence-electron chi connectivity index (χ0n) is 10.9. The Balaban J connectivity index is 4.99. The number of amides is 1. The summed E-state index contributed by atoms with van der Waals surface area (Å²) < 4.78 is 31.4. The van der Waals surface area contributed by atoms with Gasteiger partial charge in [-0.25, -0.2) is 4.79 Å². The molecule has 0 heterocycles. The maximum absolute atomic E-state index is 13.6. The fourth-order valence-corrected chi connectivity index (χ4v) is 1.42. The highest BCUT2D eigenvalue weighted by Gasteiger charge is 2.52. The molecule has 106 valence electrons. The van der Waals surface area contributed by atoms with Crippen molar-refractivity contribution in [3.63, 3.8) is 0 Å². The van der Waals surface area contributed by atoms with Crippen LogP contribution in [-0.4, -0.2) is 41.7 Å². The lowest BCUT2D eigenvalue weighted by atomic mass is 9.94. The summed E-state index contributed by atoms with van der Waals surface area (Å²) in [5.74, 6) is -6.89. The summed E-state index contributed by atoms with van der Waals surface area (Å²) in [6.45, 7) is 5.41. The molecule has 0 saturated heterocycles. The number of aliphatic hydroxyl groups excluding tert-OH is 1. The molecule has 0 radical (unpaired) electrons. The average molecular weight is 267 g/mol. The Morgan fingerprint density at radius 1 is 1.39 bits per heavy atom. The Bertz CT molecular complexity index is 307. The second-order valence-corrected chi connectivity index (χ2v) is 4.26. The lowest BCUT2D eigenvalue weighted by Gasteiger charge is -2.31. The van der Waals surface area contributed by atoms with E-state index in [0.717, 1.165) is 6.92 Å². The van der Waals surface area contributed by atoms with Crippen molar-refractivity contribution in [3.05, 3.63) is 0 Å². The van der Waals surface area contributed by atoms with Crippen LogP contribution in [0.2, 0.25) is 0 Å². The zero-order chi connectivity index (χ0) is 14.5. The van der Waals surface area contributed by atoms with Gasteiger partial charge in [-0.15, -0.1) is 0 Å². The molecule has 2 unspecified atom stereocenters. The predicted octanol–water partition coefficient (Wildman–Crippen LogP) is 0.706. The molecule has 0 fully saturated rings. The Morgan fingerprint density at radius 2 is 1.89 bits per heavy atom. The van der Waals surface area contributed by atoms with Gasteiger partial charge in [0.05, 0.1) is 12.6 Å². The highest BCUT2D eigenvalue weighted by molar-refractivity contribution is 5.79. The number of nitrogens with one attached hydrogen (secondary N) is 1. The predicted molar refractivity (Wildman–Crippen MR) is 60.0 cm³/mol. The van der Waals surface area contributed by atoms with Crippen LogP contribution in [0.1, 0.15) is 27.7 Å². The van der Waals surface area contributed by atoms with Gasteiger partial charge in [-0.2, -0.15) is 8.78 Å². The van der Waals surface area contributed by atoms with E-state index in [1.807, 2.05) is 0 Å². The number of esters is 1. The lowest BCUT2D eigenvalue weighted by molar-refractivity contribution is -0.192. The van der Waals surface area contributed by atoms with E-state index in [4.69, 9.17) is 0 Å². The molecule has 2 atom stereocenters. The molecule has 5 nitrogen and oxygen atoms in total. The van der Waals surface area contributed by atoms with Crippen molar-refractivity contribution in [3.8, 4) is 0 Å². The van der Waals surface area contributed by atoms with Crippen LogP contribution in [0.25, 0.3) is 0 Å². The molecule has 0 spiro atoms. The standard InChI is InChI=1S/C11H19F2NO4/c1-5-18-10(17)11(12,13)9(16)8(6(2)3)14-7(4)15/h6,8-9,16H,5H2,1-4H3,(H,14,15). The first kappa shape index (κ1) is 16.8. The monoisotopic (exact) mass is 267 g/mol. The summed E-state index contributed by atoms with van der Waals surface area (Å²) >= 11 is 0. The van der Waals surface area contributed by atoms with Crippen LogP contribution in [0.4, 0.5) is 8.78 Å². The number of ether oxygens (including phenoxy) is 1. The first-order chi connectivity index (χ1) is 8.14. The number of carbonyl (C=O) groups excluding carboxylic acids is 2. The van der Waals surface area contributed by atoms with E-state index >= 15 is 0 Å². The molecule has 7 heteroatoms. The van der Waals surface area contributed by atoms with Crippen molar-refractivity contribution in [2.24, 2.45) is 5.92 Å². The topological polar surface area (TPSA) is 75.6 Å². The fourth-order valence-electron chi connectivity index (χ4n) is 1.42. The number of carbonyl (C=O) groups is 2. The summed E-state index contributed by atoms with van der Waals surface area (Å²) in [4.78, 5) is 22.0. The van der Waals surface area contributed by atoms with E-state index in [-0.39, 0.29) is 6.61 Å². The number of alkyl halides is 2. The van der Waals surface area contributed by atoms with Crippen molar-refractivity contribution in [2.45, 2.75) is 45.8 Å². The van der Waals surface area contributed by atoms with Gasteiger partial charge in [-0.05, 0) is 12.8 Å². The molecule has 0 aliphatic carbocycles. The Kier molecular flexibility index (Phi) is 6.17. The first-order valence-corrected chi connectivity index (χ1v) is 5.64. The van der Waals surface area contributed by atoms with Crippen molar-refractivity contribution in [1.29, 1.82) is 0 Å². The summed E-state index contributed by atoms with van der Waals surface area (Å²) in [5.41, 5.74) is 0. The van der Waals surface area contributed by atoms with Crippen LogP contribution in [0.5, 0.6) is 0 Å². The molecular weight excluding hydrogens is 248 g/mol. The van der Waals surface area contributed by atoms with E-state index in [2.05, 4.69) is 10.1 Å². The smallest absolute Gasteiger partial charge is 0.379 e. The van der Waals surface area contributed by atoms with Crippen molar-refractivity contribution in [1.82, 2.24) is 5.32 Å². The van der Waals surface area contributed by atoms with Crippen LogP contribution in [0.15, 0.2) is 0 Å². The van der Waals surface area contributed by atoms with Gasteiger partial charge >= 0.3 is 11.9 Å². The van der Waals surface area contributed by atoms with E-state index in [9.17, 15) is 23.5 Å². The maximum atomic E-state index is 13.6. The van der Waals surface area contributed by atoms with Gasteiger partial charge in [0.25, 0.3) is 0 Å². The van der Waals surface area contributed by atoms with Gasteiger partial charge in [0, 0.05) is 6.92 Å². The summed E-state index contributed by atoms with van der Waals surface area (Å²) in [6.07, 6.45) is -2.33. The molecule has 0 aromatic heterocycles. The normalized spacial score (nSPS) is 15.1. The Hall–Kier alpha value is -1.24. The first-order valence-electron chi connectivity index (χ1n) is 5.64. The number of halogens is 2. The number of aliphatic hydroxyl groups is 1. The third kappa shape index (κ3) is 4.21. The molecule has 2 N–H and O–H groups in total. The molecule has 0 aliphatic rings. The van der Waals surface area contributed by atoms with Crippen molar-refractivity contribution < 1.29 is 28.2 Å². The SMILES string of the molecule is CCOC(=O)C(F)(F)C(O)C(NC(C)=O)C(C)C. The van der Waals surface area contributed by atoms with Crippen molar-refractivity contribution >= 4 is 11.9 Å². The number of hydrogen-bond donors (Lipinski definition) is 2. The van der Waals surface area contributed by atoms with Gasteiger partial charge in [0.15, 0.2) is 0 Å². The molecule has 0 aromatic rings. The molecule has 18 heavy (non-hydrogen) atoms. The average Bonchev–Trinajstić information content (AvgIpc) is 2.24. The van der Waals surface area contributed by atoms with Crippen LogP contribution < -0.4 is 5.32 Å². The van der Waals surface area contributed by atoms with Gasteiger partial charge in [-0.3, -0.25) is 4.79 Å². The Morgan fingerprint density at radius 3 is 2.22 bits per heavy atom. The second kappa shape index (κ2) is 6.63. The largest absolute Gasteiger partial charge is 0.461 e. The molecule has 0 rings (SSSR count). The molecule has 0 aromatic carbocycles. The summed E-state index contributed by atoms with van der Waals surface area (Å²) in [7, 11) is 0. The number of rotatable bonds is 6. The lowest BCUT2D eigenvalue weighted by Crippen LogP contribution is -2.56. The van der Waals surface area contributed by atoms with Gasteiger partial charge in [0.2, 0.25) is 5.91 Å². The number of hydrogen-bond acceptors (Lipinski definition) is 4. The third-order valence-corrected chi connectivity index (χ3v) is 2.35. The molecule has 0 aliphatic heterocycles. The van der Waals surface area contributed by atoms with E-state index < -0.39 is 35.9 Å². The van der Waals surface area contributed by atoms with Crippen molar-refractivity contribution in [2.75, 3.05) is 6.61 Å². The minimum Gasteiger partial charge on any atom is -0.461 e. The van der Waals surface area contributed by atoms with Gasteiger partial charge in [-0.1, -0.05) is 13.8 Å². The summed E-state index contributed by atoms with van der Waals surface area (Å²) in [6, 6.07) is -1.23. The minimum atomic E-state index is -4.06. The van der Waals surface area contributed by atoms with Gasteiger partial charge in [0.1, 0.15) is 6.10 Å². The fraction of sp³-hybridized carbons (Fsp3) is 0.818. The van der Waals surface area contributed by atoms with Crippen LogP contribution in [-0.2, 0) is 14.3 Å². The highest BCUT2D eigenvalue weighted by Crippen LogP contribution is 2.26. The maximum Gasteiger partial charge on any atom is 0.379 e. The summed E-state index contributed by atoms with van der Waals surface area (Å²) in [5, 5.41) is 11.8. The van der Waals surface area contributed by atoms with E-state index in [0.29, 0.717) is 0 Å². The molecule has 0 bridgehead atoms. The van der Waals surface area contributed by atoms with Crippen LogP contribution in [0, 0.1) is 5.92 Å². The van der Waals surface area contributed by atoms with E-state index in [1.165, 1.54) is 6.92 Å². The highest BCUT2D eigenvalue weighted by atomic mass is 19.3. The van der Waals surface area contributed by atoms with Crippen LogP contribution >= 0.6 is 0 Å².